The van der Waals surface area contributed by atoms with E-state index in [0.29, 0.717) is 17.4 Å². The summed E-state index contributed by atoms with van der Waals surface area (Å²) in [5.74, 6) is 0.178. The first-order chi connectivity index (χ1) is 8.65. The molecule has 5 heteroatoms. The van der Waals surface area contributed by atoms with Gasteiger partial charge in [0.15, 0.2) is 0 Å². The summed E-state index contributed by atoms with van der Waals surface area (Å²) in [6.07, 6.45) is 2.23. The van der Waals surface area contributed by atoms with Gasteiger partial charge in [-0.1, -0.05) is 0 Å². The standard InChI is InChI=1S/C13H18N2O3/c1-9-5-11(13(16)17)6-12(15-9)14-7-10-3-2-4-18-8-10/h5-6,10H,2-4,7-8H2,1H3,(H,14,15)(H,16,17). The average Bonchev–Trinajstić information content (AvgIpc) is 2.37. The second-order valence-electron chi connectivity index (χ2n) is 4.65. The molecule has 98 valence electrons. The van der Waals surface area contributed by atoms with Crippen molar-refractivity contribution in [1.29, 1.82) is 0 Å². The lowest BCUT2D eigenvalue weighted by molar-refractivity contribution is 0.0594. The monoisotopic (exact) mass is 250 g/mol. The Bertz CT molecular complexity index is 428. The Kier molecular flexibility index (Phi) is 4.15. The van der Waals surface area contributed by atoms with Crippen LogP contribution >= 0.6 is 0 Å². The number of nitrogens with zero attached hydrogens (tertiary/aromatic N) is 1. The zero-order valence-corrected chi connectivity index (χ0v) is 10.5. The average molecular weight is 250 g/mol. The second kappa shape index (κ2) is 5.82. The van der Waals surface area contributed by atoms with E-state index in [2.05, 4.69) is 10.3 Å². The molecule has 0 amide bonds. The molecule has 0 saturated carbocycles. The van der Waals surface area contributed by atoms with Crippen molar-refractivity contribution in [3.05, 3.63) is 23.4 Å². The summed E-state index contributed by atoms with van der Waals surface area (Å²) in [5.41, 5.74) is 0.974. The van der Waals surface area contributed by atoms with Crippen molar-refractivity contribution < 1.29 is 14.6 Å². The third-order valence-electron chi connectivity index (χ3n) is 3.03. The van der Waals surface area contributed by atoms with E-state index >= 15 is 0 Å². The van der Waals surface area contributed by atoms with Crippen LogP contribution in [0.3, 0.4) is 0 Å². The Morgan fingerprint density at radius 3 is 3.11 bits per heavy atom. The van der Waals surface area contributed by atoms with Crippen LogP contribution in [0, 0.1) is 12.8 Å². The fourth-order valence-electron chi connectivity index (χ4n) is 2.10. The van der Waals surface area contributed by atoms with Crippen LogP contribution in [0.4, 0.5) is 5.82 Å². The van der Waals surface area contributed by atoms with Gasteiger partial charge in [0.25, 0.3) is 0 Å². The molecule has 1 aromatic rings. The van der Waals surface area contributed by atoms with Crippen LogP contribution in [0.2, 0.25) is 0 Å². The van der Waals surface area contributed by atoms with E-state index in [9.17, 15) is 4.79 Å². The van der Waals surface area contributed by atoms with Gasteiger partial charge in [0.2, 0.25) is 0 Å². The molecule has 0 aliphatic carbocycles. The molecule has 2 heterocycles. The van der Waals surface area contributed by atoms with E-state index in [4.69, 9.17) is 9.84 Å². The van der Waals surface area contributed by atoms with Gasteiger partial charge < -0.3 is 15.2 Å². The van der Waals surface area contributed by atoms with Crippen LogP contribution in [-0.4, -0.2) is 35.8 Å². The molecular weight excluding hydrogens is 232 g/mol. The summed E-state index contributed by atoms with van der Waals surface area (Å²) < 4.78 is 5.40. The molecule has 1 aliphatic heterocycles. The molecule has 1 aliphatic rings. The zero-order chi connectivity index (χ0) is 13.0. The molecular formula is C13H18N2O3. The van der Waals surface area contributed by atoms with Crippen LogP contribution in [0.15, 0.2) is 12.1 Å². The van der Waals surface area contributed by atoms with Crippen molar-refractivity contribution in [3.8, 4) is 0 Å². The Morgan fingerprint density at radius 2 is 2.44 bits per heavy atom. The molecule has 1 unspecified atom stereocenters. The van der Waals surface area contributed by atoms with Gasteiger partial charge in [-0.25, -0.2) is 9.78 Å². The molecule has 0 aromatic carbocycles. The minimum absolute atomic E-state index is 0.268. The van der Waals surface area contributed by atoms with Crippen molar-refractivity contribution in [2.45, 2.75) is 19.8 Å². The number of aromatic nitrogens is 1. The highest BCUT2D eigenvalue weighted by molar-refractivity contribution is 5.88. The van der Waals surface area contributed by atoms with E-state index in [-0.39, 0.29) is 5.56 Å². The van der Waals surface area contributed by atoms with Crippen LogP contribution < -0.4 is 5.32 Å². The van der Waals surface area contributed by atoms with Gasteiger partial charge in [-0.3, -0.25) is 0 Å². The predicted molar refractivity (Wildman–Crippen MR) is 68.0 cm³/mol. The summed E-state index contributed by atoms with van der Waals surface area (Å²) in [5, 5.41) is 12.2. The number of pyridine rings is 1. The third-order valence-corrected chi connectivity index (χ3v) is 3.03. The first-order valence-electron chi connectivity index (χ1n) is 6.19. The summed E-state index contributed by atoms with van der Waals surface area (Å²) in [6, 6.07) is 3.14. The minimum atomic E-state index is -0.926. The molecule has 5 nitrogen and oxygen atoms in total. The molecule has 1 fully saturated rings. The number of carboxylic acid groups (broad SMARTS) is 1. The number of carboxylic acids is 1. The number of aryl methyl sites for hydroxylation is 1. The van der Waals surface area contributed by atoms with Gasteiger partial charge in [0.1, 0.15) is 5.82 Å². The number of ether oxygens (including phenoxy) is 1. The number of nitrogens with one attached hydrogen (secondary N) is 1. The second-order valence-corrected chi connectivity index (χ2v) is 4.65. The third kappa shape index (κ3) is 3.43. The van der Waals surface area contributed by atoms with Crippen LogP contribution in [0.5, 0.6) is 0 Å². The number of hydrogen-bond acceptors (Lipinski definition) is 4. The summed E-state index contributed by atoms with van der Waals surface area (Å²) >= 11 is 0. The van der Waals surface area contributed by atoms with Gasteiger partial charge in [-0.05, 0) is 37.8 Å². The quantitative estimate of drug-likeness (QED) is 0.854. The molecule has 1 atom stereocenters. The fraction of sp³-hybridized carbons (Fsp3) is 0.538. The van der Waals surface area contributed by atoms with Gasteiger partial charge >= 0.3 is 5.97 Å². The Labute approximate surface area is 106 Å². The van der Waals surface area contributed by atoms with E-state index < -0.39 is 5.97 Å². The van der Waals surface area contributed by atoms with Crippen molar-refractivity contribution in [1.82, 2.24) is 4.98 Å². The van der Waals surface area contributed by atoms with E-state index in [1.54, 1.807) is 19.1 Å². The molecule has 0 radical (unpaired) electrons. The fourth-order valence-corrected chi connectivity index (χ4v) is 2.10. The lowest BCUT2D eigenvalue weighted by Crippen LogP contribution is -2.24. The van der Waals surface area contributed by atoms with Crippen molar-refractivity contribution in [3.63, 3.8) is 0 Å². The van der Waals surface area contributed by atoms with Crippen LogP contribution in [-0.2, 0) is 4.74 Å². The number of aromatic carboxylic acids is 1. The highest BCUT2D eigenvalue weighted by Gasteiger charge is 2.14. The number of hydrogen-bond donors (Lipinski definition) is 2. The van der Waals surface area contributed by atoms with Crippen molar-refractivity contribution in [2.24, 2.45) is 5.92 Å². The first kappa shape index (κ1) is 12.8. The van der Waals surface area contributed by atoms with Crippen LogP contribution in [0.1, 0.15) is 28.9 Å². The van der Waals surface area contributed by atoms with Crippen molar-refractivity contribution in [2.75, 3.05) is 25.1 Å². The Hall–Kier alpha value is -1.62. The minimum Gasteiger partial charge on any atom is -0.478 e. The highest BCUT2D eigenvalue weighted by Crippen LogP contribution is 2.15. The van der Waals surface area contributed by atoms with Crippen molar-refractivity contribution >= 4 is 11.8 Å². The molecule has 1 aromatic heterocycles. The van der Waals surface area contributed by atoms with E-state index in [0.717, 1.165) is 32.6 Å². The number of anilines is 1. The summed E-state index contributed by atoms with van der Waals surface area (Å²) in [4.78, 5) is 15.2. The maximum absolute atomic E-state index is 10.9. The molecule has 1 saturated heterocycles. The first-order valence-corrected chi connectivity index (χ1v) is 6.19. The topological polar surface area (TPSA) is 71.5 Å². The number of carbonyl (C=O) groups is 1. The lowest BCUT2D eigenvalue weighted by Gasteiger charge is -2.22. The molecule has 2 N–H and O–H groups in total. The maximum Gasteiger partial charge on any atom is 0.335 e. The van der Waals surface area contributed by atoms with Gasteiger partial charge in [0.05, 0.1) is 12.2 Å². The lowest BCUT2D eigenvalue weighted by atomic mass is 10.0. The highest BCUT2D eigenvalue weighted by atomic mass is 16.5. The normalized spacial score (nSPS) is 19.5. The van der Waals surface area contributed by atoms with E-state index in [1.165, 1.54) is 0 Å². The SMILES string of the molecule is Cc1cc(C(=O)O)cc(NCC2CCCOC2)n1. The van der Waals surface area contributed by atoms with Crippen LogP contribution in [0.25, 0.3) is 0 Å². The molecule has 2 rings (SSSR count). The van der Waals surface area contributed by atoms with E-state index in [1.807, 2.05) is 0 Å². The molecule has 18 heavy (non-hydrogen) atoms. The summed E-state index contributed by atoms with van der Waals surface area (Å²) in [7, 11) is 0. The molecule has 0 spiro atoms. The zero-order valence-electron chi connectivity index (χ0n) is 10.5. The largest absolute Gasteiger partial charge is 0.478 e. The predicted octanol–water partition coefficient (Wildman–Crippen LogP) is 1.93. The van der Waals surface area contributed by atoms with Gasteiger partial charge in [-0.2, -0.15) is 0 Å². The Balaban J connectivity index is 1.97. The smallest absolute Gasteiger partial charge is 0.335 e. The summed E-state index contributed by atoms with van der Waals surface area (Å²) in [6.45, 7) is 4.18. The number of rotatable bonds is 4. The van der Waals surface area contributed by atoms with Gasteiger partial charge in [0, 0.05) is 18.8 Å². The molecule has 0 bridgehead atoms. The Morgan fingerprint density at radius 1 is 1.61 bits per heavy atom. The van der Waals surface area contributed by atoms with Gasteiger partial charge in [-0.15, -0.1) is 0 Å². The maximum atomic E-state index is 10.9.